The molecule has 3 aliphatic rings. The standard InChI is InChI=1S/C29H42BN3O6/c1-17-14-28(30,16-33-15-20-11-9-19(10-12-20)13-18-7-5-4-6-8-18)29(36)27(37-17)38-26-24(35)21(31-2)23(34)22(32-3)25(26)39-29/h4-12,17,21-27,31-36H,13-16,30H2,1-3H3/t17-,21-,22+,23+,24+,25?,26?,27?,28-,29-/m1/s1. The van der Waals surface area contributed by atoms with Gasteiger partial charge in [0.05, 0.1) is 24.3 Å². The van der Waals surface area contributed by atoms with Crippen molar-refractivity contribution in [1.82, 2.24) is 16.0 Å². The normalized spacial score (nSPS) is 40.1. The predicted octanol–water partition coefficient (Wildman–Crippen LogP) is -0.322. The van der Waals surface area contributed by atoms with E-state index in [-0.39, 0.29) is 6.10 Å². The first-order valence-corrected chi connectivity index (χ1v) is 13.9. The van der Waals surface area contributed by atoms with Gasteiger partial charge in [0.25, 0.3) is 0 Å². The quantitative estimate of drug-likeness (QED) is 0.251. The second-order valence-corrected chi connectivity index (χ2v) is 11.6. The Kier molecular flexibility index (Phi) is 8.50. The van der Waals surface area contributed by atoms with E-state index in [0.29, 0.717) is 19.5 Å². The Balaban J connectivity index is 1.28. The number of fused-ring (bicyclic) bond motifs is 2. The van der Waals surface area contributed by atoms with Gasteiger partial charge in [-0.25, -0.2) is 0 Å². The summed E-state index contributed by atoms with van der Waals surface area (Å²) in [5.41, 5.74) is 3.68. The van der Waals surface area contributed by atoms with Gasteiger partial charge in [0.2, 0.25) is 12.1 Å². The summed E-state index contributed by atoms with van der Waals surface area (Å²) in [6.45, 7) is 3.03. The van der Waals surface area contributed by atoms with Crippen LogP contribution in [-0.4, -0.2) is 98.5 Å². The van der Waals surface area contributed by atoms with Crippen LogP contribution in [0.4, 0.5) is 0 Å². The molecule has 3 unspecified atom stereocenters. The third-order valence-corrected chi connectivity index (χ3v) is 8.78. The zero-order valence-corrected chi connectivity index (χ0v) is 23.2. The number of aliphatic hydroxyl groups is 3. The van der Waals surface area contributed by atoms with Crippen LogP contribution in [0, 0.1) is 0 Å². The van der Waals surface area contributed by atoms with Crippen molar-refractivity contribution in [3.63, 3.8) is 0 Å². The van der Waals surface area contributed by atoms with Crippen LogP contribution in [0.3, 0.4) is 0 Å². The lowest BCUT2D eigenvalue weighted by Crippen LogP contribution is -2.78. The van der Waals surface area contributed by atoms with Gasteiger partial charge in [0.1, 0.15) is 26.2 Å². The van der Waals surface area contributed by atoms with Crippen LogP contribution in [0.5, 0.6) is 0 Å². The highest BCUT2D eigenvalue weighted by atomic mass is 16.8. The molecule has 10 atom stereocenters. The first-order valence-electron chi connectivity index (χ1n) is 13.9. The summed E-state index contributed by atoms with van der Waals surface area (Å²) < 4.78 is 18.7. The van der Waals surface area contributed by atoms with E-state index in [0.717, 1.165) is 12.0 Å². The maximum absolute atomic E-state index is 12.0. The Labute approximate surface area is 231 Å². The minimum atomic E-state index is -1.78. The minimum Gasteiger partial charge on any atom is -0.390 e. The SMILES string of the molecule is B[C@@]1(CNCc2ccc(Cc3ccccc3)cc2)C[C@@H](C)OC2OC3C(O[C@]21O)[C@@H](NC)[C@@H](O)[C@@H](NC)[C@@H]3O. The van der Waals surface area contributed by atoms with Gasteiger partial charge >= 0.3 is 0 Å². The second kappa shape index (κ2) is 11.6. The van der Waals surface area contributed by atoms with E-state index in [1.54, 1.807) is 14.1 Å². The minimum absolute atomic E-state index is 0.189. The summed E-state index contributed by atoms with van der Waals surface area (Å²) in [7, 11) is 5.38. The molecule has 0 spiro atoms. The highest BCUT2D eigenvalue weighted by Crippen LogP contribution is 2.53. The number of hydrogen-bond donors (Lipinski definition) is 6. The van der Waals surface area contributed by atoms with Crippen molar-refractivity contribution >= 4 is 7.85 Å². The number of nitrogens with one attached hydrogen (secondary N) is 3. The molecule has 1 aliphatic carbocycles. The van der Waals surface area contributed by atoms with Gasteiger partial charge in [-0.15, -0.1) is 0 Å². The topological polar surface area (TPSA) is 124 Å². The molecule has 0 bridgehead atoms. The molecule has 9 nitrogen and oxygen atoms in total. The zero-order valence-electron chi connectivity index (χ0n) is 23.2. The van der Waals surface area contributed by atoms with Gasteiger partial charge in [-0.2, -0.15) is 0 Å². The van der Waals surface area contributed by atoms with Crippen LogP contribution in [-0.2, 0) is 27.2 Å². The Morgan fingerprint density at radius 2 is 1.51 bits per heavy atom. The summed E-state index contributed by atoms with van der Waals surface area (Å²) in [4.78, 5) is 0. The van der Waals surface area contributed by atoms with Crippen molar-refractivity contribution in [1.29, 1.82) is 0 Å². The van der Waals surface area contributed by atoms with Crippen molar-refractivity contribution in [2.75, 3.05) is 20.6 Å². The molecule has 0 radical (unpaired) electrons. The summed E-state index contributed by atoms with van der Waals surface area (Å²) >= 11 is 0. The highest BCUT2D eigenvalue weighted by molar-refractivity contribution is 6.16. The van der Waals surface area contributed by atoms with E-state index in [1.807, 2.05) is 20.8 Å². The fourth-order valence-electron chi connectivity index (χ4n) is 6.57. The number of aliphatic hydroxyl groups excluding tert-OH is 2. The molecule has 5 rings (SSSR count). The van der Waals surface area contributed by atoms with Crippen molar-refractivity contribution in [3.8, 4) is 0 Å². The average molecular weight is 539 g/mol. The molecule has 3 fully saturated rings. The third kappa shape index (κ3) is 5.42. The highest BCUT2D eigenvalue weighted by Gasteiger charge is 2.66. The molecule has 2 aromatic carbocycles. The maximum atomic E-state index is 12.0. The number of rotatable bonds is 8. The van der Waals surface area contributed by atoms with Crippen molar-refractivity contribution < 1.29 is 29.5 Å². The van der Waals surface area contributed by atoms with E-state index < -0.39 is 53.9 Å². The van der Waals surface area contributed by atoms with E-state index in [2.05, 4.69) is 64.5 Å². The summed E-state index contributed by atoms with van der Waals surface area (Å²) in [5, 5.41) is 42.8. The summed E-state index contributed by atoms with van der Waals surface area (Å²) in [5.74, 6) is -1.78. The monoisotopic (exact) mass is 539 g/mol. The lowest BCUT2D eigenvalue weighted by atomic mass is 9.57. The smallest absolute Gasteiger partial charge is 0.218 e. The first-order chi connectivity index (χ1) is 18.7. The number of hydrogen-bond acceptors (Lipinski definition) is 9. The summed E-state index contributed by atoms with van der Waals surface area (Å²) in [6.07, 6.45) is -3.39. The van der Waals surface area contributed by atoms with Crippen LogP contribution in [0.25, 0.3) is 0 Å². The molecule has 212 valence electrons. The van der Waals surface area contributed by atoms with Gasteiger partial charge in [-0.1, -0.05) is 54.6 Å². The van der Waals surface area contributed by atoms with Gasteiger partial charge in [0.15, 0.2) is 0 Å². The Morgan fingerprint density at radius 1 is 0.872 bits per heavy atom. The van der Waals surface area contributed by atoms with Crippen LogP contribution in [0.2, 0.25) is 5.31 Å². The molecule has 39 heavy (non-hydrogen) atoms. The van der Waals surface area contributed by atoms with Gasteiger partial charge in [0, 0.05) is 11.9 Å². The molecule has 2 aromatic rings. The van der Waals surface area contributed by atoms with Crippen LogP contribution in [0.15, 0.2) is 54.6 Å². The molecule has 1 saturated carbocycles. The Morgan fingerprint density at radius 3 is 2.18 bits per heavy atom. The first kappa shape index (κ1) is 28.7. The number of likely N-dealkylation sites (N-methyl/N-ethyl adjacent to an activating group) is 2. The Hall–Kier alpha value is -1.86. The third-order valence-electron chi connectivity index (χ3n) is 8.78. The predicted molar refractivity (Wildman–Crippen MR) is 150 cm³/mol. The Bertz CT molecular complexity index is 1100. The zero-order chi connectivity index (χ0) is 27.8. The lowest BCUT2D eigenvalue weighted by Gasteiger charge is -2.61. The van der Waals surface area contributed by atoms with Crippen LogP contribution in [0.1, 0.15) is 30.0 Å². The molecule has 2 saturated heterocycles. The largest absolute Gasteiger partial charge is 0.390 e. The van der Waals surface area contributed by atoms with Crippen LogP contribution < -0.4 is 16.0 Å². The van der Waals surface area contributed by atoms with E-state index in [4.69, 9.17) is 14.2 Å². The lowest BCUT2D eigenvalue weighted by molar-refractivity contribution is -0.453. The number of benzene rings is 2. The molecule has 6 N–H and O–H groups in total. The molecular weight excluding hydrogens is 497 g/mol. The van der Waals surface area contributed by atoms with E-state index >= 15 is 0 Å². The van der Waals surface area contributed by atoms with Crippen LogP contribution >= 0.6 is 0 Å². The molecule has 2 aliphatic heterocycles. The second-order valence-electron chi connectivity index (χ2n) is 11.6. The molecule has 0 aromatic heterocycles. The molecule has 0 amide bonds. The maximum Gasteiger partial charge on any atom is 0.218 e. The summed E-state index contributed by atoms with van der Waals surface area (Å²) in [6, 6.07) is 17.8. The fraction of sp³-hybridized carbons (Fsp3) is 0.586. The number of ether oxygens (including phenoxy) is 3. The van der Waals surface area contributed by atoms with Gasteiger partial charge < -0.3 is 45.5 Å². The van der Waals surface area contributed by atoms with Crippen molar-refractivity contribution in [3.05, 3.63) is 71.3 Å². The molecule has 10 heteroatoms. The van der Waals surface area contributed by atoms with Crippen molar-refractivity contribution in [2.24, 2.45) is 0 Å². The molecule has 2 heterocycles. The van der Waals surface area contributed by atoms with Gasteiger partial charge in [-0.05, 0) is 57.1 Å². The van der Waals surface area contributed by atoms with Crippen molar-refractivity contribution in [2.45, 2.75) is 86.3 Å². The molecular formula is C29H42BN3O6. The fourth-order valence-corrected chi connectivity index (χ4v) is 6.57. The van der Waals surface area contributed by atoms with E-state index in [1.165, 1.54) is 11.1 Å². The average Bonchev–Trinajstić information content (AvgIpc) is 2.91. The van der Waals surface area contributed by atoms with E-state index in [9.17, 15) is 15.3 Å². The van der Waals surface area contributed by atoms with Gasteiger partial charge in [-0.3, -0.25) is 0 Å².